The molecular formula is C12H10N4O3. The average molecular weight is 258 g/mol. The number of nitrogens with zero attached hydrogens (tertiary/aromatic N) is 2. The number of nitrogens with one attached hydrogen (secondary N) is 1. The fraction of sp³-hybridized carbons (Fsp3) is 0. The fourth-order valence-corrected chi connectivity index (χ4v) is 1.53. The maximum atomic E-state index is 11.5. The summed E-state index contributed by atoms with van der Waals surface area (Å²) in [4.78, 5) is 27.4. The lowest BCUT2D eigenvalue weighted by molar-refractivity contribution is -0.386. The second-order valence-corrected chi connectivity index (χ2v) is 3.69. The molecule has 2 rings (SSSR count). The predicted molar refractivity (Wildman–Crippen MR) is 71.3 cm³/mol. The van der Waals surface area contributed by atoms with Gasteiger partial charge in [0.25, 0.3) is 0 Å². The first-order chi connectivity index (χ1) is 9.08. The molecule has 0 saturated heterocycles. The zero-order valence-corrected chi connectivity index (χ0v) is 9.74. The first kappa shape index (κ1) is 12.5. The van der Waals surface area contributed by atoms with Crippen LogP contribution in [0.2, 0.25) is 0 Å². The Morgan fingerprint density at radius 3 is 2.58 bits per heavy atom. The van der Waals surface area contributed by atoms with E-state index in [4.69, 9.17) is 5.73 Å². The number of aromatic amines is 1. The van der Waals surface area contributed by atoms with Crippen LogP contribution in [-0.2, 0) is 0 Å². The summed E-state index contributed by atoms with van der Waals surface area (Å²) in [6, 6.07) is 9.14. The molecule has 3 N–H and O–H groups in total. The van der Waals surface area contributed by atoms with E-state index in [-0.39, 0.29) is 11.6 Å². The molecule has 0 atom stereocenters. The van der Waals surface area contributed by atoms with Gasteiger partial charge in [0, 0.05) is 0 Å². The molecular weight excluding hydrogens is 248 g/mol. The summed E-state index contributed by atoms with van der Waals surface area (Å²) in [6.07, 6.45) is 3.01. The number of anilines is 1. The van der Waals surface area contributed by atoms with Gasteiger partial charge in [-0.25, -0.2) is 4.98 Å². The highest BCUT2D eigenvalue weighted by Crippen LogP contribution is 2.14. The number of nitro groups is 1. The van der Waals surface area contributed by atoms with Crippen LogP contribution in [0.3, 0.4) is 0 Å². The lowest BCUT2D eigenvalue weighted by atomic mass is 10.2. The SMILES string of the molecule is Nc1nc(/C=C\c2ccccc2)c([N+](=O)[O-])c(=O)[nH]1. The number of benzene rings is 1. The molecule has 0 amide bonds. The molecule has 0 spiro atoms. The maximum Gasteiger partial charge on any atom is 0.359 e. The van der Waals surface area contributed by atoms with Gasteiger partial charge in [-0.05, 0) is 11.6 Å². The molecule has 0 saturated carbocycles. The predicted octanol–water partition coefficient (Wildman–Crippen LogP) is 1.43. The van der Waals surface area contributed by atoms with Crippen LogP contribution >= 0.6 is 0 Å². The average Bonchev–Trinajstić information content (AvgIpc) is 2.36. The summed E-state index contributed by atoms with van der Waals surface area (Å²) in [5.74, 6) is -0.164. The highest BCUT2D eigenvalue weighted by molar-refractivity contribution is 5.72. The van der Waals surface area contributed by atoms with Gasteiger partial charge in [-0.3, -0.25) is 19.9 Å². The second-order valence-electron chi connectivity index (χ2n) is 3.69. The normalized spacial score (nSPS) is 10.7. The Balaban J connectivity index is 2.48. The molecule has 0 radical (unpaired) electrons. The number of aromatic nitrogens is 2. The molecule has 0 aliphatic heterocycles. The van der Waals surface area contributed by atoms with Gasteiger partial charge in [-0.1, -0.05) is 36.4 Å². The van der Waals surface area contributed by atoms with E-state index in [1.807, 2.05) is 30.3 Å². The van der Waals surface area contributed by atoms with Crippen molar-refractivity contribution in [2.75, 3.05) is 5.73 Å². The van der Waals surface area contributed by atoms with Crippen LogP contribution in [-0.4, -0.2) is 14.9 Å². The van der Waals surface area contributed by atoms with Crippen LogP contribution < -0.4 is 11.3 Å². The Morgan fingerprint density at radius 1 is 1.26 bits per heavy atom. The molecule has 19 heavy (non-hydrogen) atoms. The maximum absolute atomic E-state index is 11.5. The molecule has 0 bridgehead atoms. The number of rotatable bonds is 3. The van der Waals surface area contributed by atoms with Crippen molar-refractivity contribution >= 4 is 23.8 Å². The molecule has 96 valence electrons. The van der Waals surface area contributed by atoms with Crippen molar-refractivity contribution in [1.29, 1.82) is 0 Å². The third-order valence-corrected chi connectivity index (χ3v) is 2.36. The molecule has 0 aliphatic rings. The third kappa shape index (κ3) is 2.83. The monoisotopic (exact) mass is 258 g/mol. The number of hydrogen-bond acceptors (Lipinski definition) is 5. The summed E-state index contributed by atoms with van der Waals surface area (Å²) in [5.41, 5.74) is 4.64. The van der Waals surface area contributed by atoms with Crippen LogP contribution in [0.4, 0.5) is 11.6 Å². The van der Waals surface area contributed by atoms with Gasteiger partial charge in [-0.2, -0.15) is 0 Å². The smallest absolute Gasteiger partial charge is 0.359 e. The summed E-state index contributed by atoms with van der Waals surface area (Å²) >= 11 is 0. The highest BCUT2D eigenvalue weighted by Gasteiger charge is 2.19. The van der Waals surface area contributed by atoms with E-state index in [0.29, 0.717) is 0 Å². The van der Waals surface area contributed by atoms with Gasteiger partial charge < -0.3 is 5.73 Å². The van der Waals surface area contributed by atoms with Gasteiger partial charge in [0.1, 0.15) is 0 Å². The summed E-state index contributed by atoms with van der Waals surface area (Å²) < 4.78 is 0. The van der Waals surface area contributed by atoms with Crippen molar-refractivity contribution in [3.63, 3.8) is 0 Å². The van der Waals surface area contributed by atoms with E-state index in [1.165, 1.54) is 6.08 Å². The molecule has 0 fully saturated rings. The Labute approximate surface area is 107 Å². The van der Waals surface area contributed by atoms with Crippen molar-refractivity contribution in [2.24, 2.45) is 0 Å². The van der Waals surface area contributed by atoms with Gasteiger partial charge in [0.05, 0.1) is 4.92 Å². The van der Waals surface area contributed by atoms with E-state index in [9.17, 15) is 14.9 Å². The molecule has 1 aromatic carbocycles. The first-order valence-corrected chi connectivity index (χ1v) is 5.35. The summed E-state index contributed by atoms with van der Waals surface area (Å²) in [5, 5.41) is 10.8. The van der Waals surface area contributed by atoms with Gasteiger partial charge in [0.15, 0.2) is 5.69 Å². The third-order valence-electron chi connectivity index (χ3n) is 2.36. The van der Waals surface area contributed by atoms with E-state index in [1.54, 1.807) is 6.08 Å². The highest BCUT2D eigenvalue weighted by atomic mass is 16.6. The van der Waals surface area contributed by atoms with Crippen molar-refractivity contribution < 1.29 is 4.92 Å². The van der Waals surface area contributed by atoms with Crippen LogP contribution in [0.1, 0.15) is 11.3 Å². The summed E-state index contributed by atoms with van der Waals surface area (Å²) in [6.45, 7) is 0. The Kier molecular flexibility index (Phi) is 3.37. The topological polar surface area (TPSA) is 115 Å². The molecule has 0 aliphatic carbocycles. The minimum atomic E-state index is -0.870. The fourth-order valence-electron chi connectivity index (χ4n) is 1.53. The van der Waals surface area contributed by atoms with E-state index >= 15 is 0 Å². The molecule has 1 heterocycles. The van der Waals surface area contributed by atoms with Gasteiger partial charge in [-0.15, -0.1) is 0 Å². The molecule has 2 aromatic rings. The minimum absolute atomic E-state index is 0.0740. The molecule has 1 aromatic heterocycles. The van der Waals surface area contributed by atoms with Gasteiger partial charge in [0.2, 0.25) is 5.95 Å². The van der Waals surface area contributed by atoms with Crippen molar-refractivity contribution in [3.05, 3.63) is 62.1 Å². The number of hydrogen-bond donors (Lipinski definition) is 2. The molecule has 7 heteroatoms. The molecule has 0 unspecified atom stereocenters. The lowest BCUT2D eigenvalue weighted by Gasteiger charge is -1.98. The van der Waals surface area contributed by atoms with E-state index in [2.05, 4.69) is 9.97 Å². The van der Waals surface area contributed by atoms with E-state index in [0.717, 1.165) is 5.56 Å². The van der Waals surface area contributed by atoms with Crippen molar-refractivity contribution in [1.82, 2.24) is 9.97 Å². The number of nitrogen functional groups attached to an aromatic ring is 1. The summed E-state index contributed by atoms with van der Waals surface area (Å²) in [7, 11) is 0. The van der Waals surface area contributed by atoms with Crippen LogP contribution in [0.5, 0.6) is 0 Å². The standard InChI is InChI=1S/C12H10N4O3/c13-12-14-9(10(16(18)19)11(17)15-12)7-6-8-4-2-1-3-5-8/h1-7H,(H3,13,14,15,17)/b7-6-. The Morgan fingerprint density at radius 2 is 1.95 bits per heavy atom. The second kappa shape index (κ2) is 5.13. The van der Waals surface area contributed by atoms with Gasteiger partial charge >= 0.3 is 11.2 Å². The molecule has 7 nitrogen and oxygen atoms in total. The van der Waals surface area contributed by atoms with Crippen molar-refractivity contribution in [2.45, 2.75) is 0 Å². The minimum Gasteiger partial charge on any atom is -0.369 e. The lowest BCUT2D eigenvalue weighted by Crippen LogP contribution is -2.17. The number of nitrogens with two attached hydrogens (primary N) is 1. The van der Waals surface area contributed by atoms with Crippen LogP contribution in [0.25, 0.3) is 12.2 Å². The Hall–Kier alpha value is -2.96. The van der Waals surface area contributed by atoms with Crippen molar-refractivity contribution in [3.8, 4) is 0 Å². The first-order valence-electron chi connectivity index (χ1n) is 5.35. The number of H-pyrrole nitrogens is 1. The van der Waals surface area contributed by atoms with Crippen LogP contribution in [0.15, 0.2) is 35.1 Å². The van der Waals surface area contributed by atoms with Crippen LogP contribution in [0, 0.1) is 10.1 Å². The Bertz CT molecular complexity index is 692. The zero-order chi connectivity index (χ0) is 13.8. The largest absolute Gasteiger partial charge is 0.369 e. The quantitative estimate of drug-likeness (QED) is 0.638. The zero-order valence-electron chi connectivity index (χ0n) is 9.74. The van der Waals surface area contributed by atoms with E-state index < -0.39 is 16.2 Å².